The predicted molar refractivity (Wildman–Crippen MR) is 88.1 cm³/mol. The molecular weight excluding hydrogens is 438 g/mol. The van der Waals surface area contributed by atoms with Gasteiger partial charge in [-0.2, -0.15) is 0 Å². The summed E-state index contributed by atoms with van der Waals surface area (Å²) >= 11 is 11.0. The largest absolute Gasteiger partial charge is 0.255 e. The zero-order chi connectivity index (χ0) is 13.9. The molecule has 1 heterocycles. The first kappa shape index (κ1) is 15.2. The van der Waals surface area contributed by atoms with Crippen LogP contribution in [0.3, 0.4) is 0 Å². The summed E-state index contributed by atoms with van der Waals surface area (Å²) in [7, 11) is 1.89. The molecule has 0 aliphatic carbocycles. The van der Waals surface area contributed by atoms with E-state index in [1.165, 1.54) is 5.56 Å². The maximum atomic E-state index is 4.21. The highest BCUT2D eigenvalue weighted by Gasteiger charge is 2.33. The lowest BCUT2D eigenvalue weighted by atomic mass is 9.80. The molecule has 0 radical (unpaired) electrons. The molecule has 0 fully saturated rings. The molecule has 1 aromatic heterocycles. The van der Waals surface area contributed by atoms with Gasteiger partial charge in [-0.15, -0.1) is 5.10 Å². The Hall–Kier alpha value is -0.200. The van der Waals surface area contributed by atoms with Gasteiger partial charge >= 0.3 is 0 Å². The summed E-state index contributed by atoms with van der Waals surface area (Å²) in [5.74, 6) is 0. The molecule has 19 heavy (non-hydrogen) atoms. The minimum Gasteiger partial charge on any atom is -0.255 e. The van der Waals surface area contributed by atoms with Crippen molar-refractivity contribution in [3.05, 3.63) is 46.2 Å². The third kappa shape index (κ3) is 3.28. The normalized spacial score (nSPS) is 11.8. The molecule has 0 spiro atoms. The van der Waals surface area contributed by atoms with Crippen LogP contribution in [0.1, 0.15) is 11.3 Å². The summed E-state index contributed by atoms with van der Waals surface area (Å²) in [5, 5.41) is 9.92. The zero-order valence-electron chi connectivity index (χ0n) is 10.5. The van der Waals surface area contributed by atoms with Crippen molar-refractivity contribution in [1.29, 1.82) is 0 Å². The van der Waals surface area contributed by atoms with E-state index in [9.17, 15) is 0 Å². The number of halogens is 3. The third-order valence-electron chi connectivity index (χ3n) is 3.13. The zero-order valence-corrected chi connectivity index (χ0v) is 15.2. The minimum atomic E-state index is -0.0455. The van der Waals surface area contributed by atoms with Crippen molar-refractivity contribution in [2.24, 2.45) is 7.05 Å². The summed E-state index contributed by atoms with van der Waals surface area (Å²) in [4.78, 5) is 0. The second-order valence-corrected chi connectivity index (χ2v) is 6.56. The summed E-state index contributed by atoms with van der Waals surface area (Å²) < 4.78 is 2.86. The van der Waals surface area contributed by atoms with Crippen LogP contribution >= 0.6 is 47.8 Å². The maximum Gasteiger partial charge on any atom is 0.0836 e. The van der Waals surface area contributed by atoms with E-state index in [-0.39, 0.29) is 5.41 Å². The van der Waals surface area contributed by atoms with Crippen LogP contribution in [0.25, 0.3) is 0 Å². The standard InChI is InChI=1S/C13H14Br3N3/c1-19-7-10(17-18-19)6-13(8-14,9-15)11-4-2-3-5-12(11)16/h2-5,7H,6,8-9H2,1H3. The number of aryl methyl sites for hydroxylation is 1. The summed E-state index contributed by atoms with van der Waals surface area (Å²) in [6.07, 6.45) is 2.80. The molecule has 0 N–H and O–H groups in total. The quantitative estimate of drug-likeness (QED) is 0.646. The Morgan fingerprint density at radius 3 is 2.42 bits per heavy atom. The van der Waals surface area contributed by atoms with Crippen LogP contribution in [-0.4, -0.2) is 25.7 Å². The molecule has 2 aromatic rings. The van der Waals surface area contributed by atoms with Gasteiger partial charge in [-0.25, -0.2) is 0 Å². The molecule has 0 unspecified atom stereocenters. The molecule has 0 saturated heterocycles. The Labute approximate surface area is 138 Å². The average Bonchev–Trinajstić information content (AvgIpc) is 2.82. The number of rotatable bonds is 5. The summed E-state index contributed by atoms with van der Waals surface area (Å²) in [5.41, 5.74) is 2.22. The Bertz CT molecular complexity index is 550. The second-order valence-electron chi connectivity index (χ2n) is 4.59. The first-order valence-corrected chi connectivity index (χ1v) is 8.87. The SMILES string of the molecule is Cn1cc(CC(CBr)(CBr)c2ccccc2Br)nn1. The van der Waals surface area contributed by atoms with Gasteiger partial charge in [0.15, 0.2) is 0 Å². The number of alkyl halides is 2. The van der Waals surface area contributed by atoms with Gasteiger partial charge in [0.1, 0.15) is 0 Å². The van der Waals surface area contributed by atoms with Gasteiger partial charge in [0, 0.05) is 40.2 Å². The van der Waals surface area contributed by atoms with Crippen LogP contribution in [0.5, 0.6) is 0 Å². The topological polar surface area (TPSA) is 30.7 Å². The van der Waals surface area contributed by atoms with Gasteiger partial charge in [-0.1, -0.05) is 71.2 Å². The predicted octanol–water partition coefficient (Wildman–Crippen LogP) is 3.85. The smallest absolute Gasteiger partial charge is 0.0836 e. The van der Waals surface area contributed by atoms with Gasteiger partial charge in [0.05, 0.1) is 5.69 Å². The highest BCUT2D eigenvalue weighted by molar-refractivity contribution is 9.10. The second kappa shape index (κ2) is 6.50. The lowest BCUT2D eigenvalue weighted by Crippen LogP contribution is -2.33. The number of aromatic nitrogens is 3. The fourth-order valence-corrected chi connectivity index (χ4v) is 4.72. The Kier molecular flexibility index (Phi) is 5.20. The van der Waals surface area contributed by atoms with E-state index in [0.29, 0.717) is 0 Å². The summed E-state index contributed by atoms with van der Waals surface area (Å²) in [6.45, 7) is 0. The van der Waals surface area contributed by atoms with E-state index in [0.717, 1.165) is 27.2 Å². The van der Waals surface area contributed by atoms with E-state index in [2.05, 4.69) is 76.3 Å². The molecule has 0 aliphatic heterocycles. The fraction of sp³-hybridized carbons (Fsp3) is 0.385. The van der Waals surface area contributed by atoms with Crippen LogP contribution < -0.4 is 0 Å². The molecule has 1 aromatic carbocycles. The molecular formula is C13H14Br3N3. The van der Waals surface area contributed by atoms with Gasteiger partial charge in [0.2, 0.25) is 0 Å². The van der Waals surface area contributed by atoms with E-state index >= 15 is 0 Å². The molecule has 0 bridgehead atoms. The first-order chi connectivity index (χ1) is 9.11. The minimum absolute atomic E-state index is 0.0455. The Morgan fingerprint density at radius 2 is 1.89 bits per heavy atom. The monoisotopic (exact) mass is 449 g/mol. The third-order valence-corrected chi connectivity index (χ3v) is 5.96. The van der Waals surface area contributed by atoms with Crippen molar-refractivity contribution in [3.8, 4) is 0 Å². The molecule has 3 nitrogen and oxygen atoms in total. The van der Waals surface area contributed by atoms with Crippen LogP contribution in [0.15, 0.2) is 34.9 Å². The van der Waals surface area contributed by atoms with E-state index in [4.69, 9.17) is 0 Å². The molecule has 2 rings (SSSR count). The number of hydrogen-bond donors (Lipinski definition) is 0. The lowest BCUT2D eigenvalue weighted by Gasteiger charge is -2.30. The van der Waals surface area contributed by atoms with Gasteiger partial charge in [-0.3, -0.25) is 4.68 Å². The molecule has 0 amide bonds. The van der Waals surface area contributed by atoms with Crippen LogP contribution in [-0.2, 0) is 18.9 Å². The van der Waals surface area contributed by atoms with Crippen molar-refractivity contribution in [2.45, 2.75) is 11.8 Å². The Balaban J connectivity index is 2.40. The Morgan fingerprint density at radius 1 is 1.21 bits per heavy atom. The van der Waals surface area contributed by atoms with Crippen molar-refractivity contribution in [2.75, 3.05) is 10.7 Å². The molecule has 0 saturated carbocycles. The highest BCUT2D eigenvalue weighted by Crippen LogP contribution is 2.36. The van der Waals surface area contributed by atoms with Crippen LogP contribution in [0, 0.1) is 0 Å². The van der Waals surface area contributed by atoms with E-state index in [1.54, 1.807) is 4.68 Å². The van der Waals surface area contributed by atoms with Crippen molar-refractivity contribution < 1.29 is 0 Å². The van der Waals surface area contributed by atoms with E-state index in [1.807, 2.05) is 19.3 Å². The lowest BCUT2D eigenvalue weighted by molar-refractivity contribution is 0.540. The fourth-order valence-electron chi connectivity index (χ4n) is 2.08. The van der Waals surface area contributed by atoms with Crippen LogP contribution in [0.4, 0.5) is 0 Å². The maximum absolute atomic E-state index is 4.21. The van der Waals surface area contributed by atoms with Gasteiger partial charge in [0.25, 0.3) is 0 Å². The number of hydrogen-bond acceptors (Lipinski definition) is 2. The van der Waals surface area contributed by atoms with E-state index < -0.39 is 0 Å². The van der Waals surface area contributed by atoms with Crippen molar-refractivity contribution in [1.82, 2.24) is 15.0 Å². The van der Waals surface area contributed by atoms with Crippen LogP contribution in [0.2, 0.25) is 0 Å². The van der Waals surface area contributed by atoms with Crippen molar-refractivity contribution in [3.63, 3.8) is 0 Å². The molecule has 6 heteroatoms. The molecule has 102 valence electrons. The molecule has 0 atom stereocenters. The first-order valence-electron chi connectivity index (χ1n) is 5.83. The van der Waals surface area contributed by atoms with Gasteiger partial charge < -0.3 is 0 Å². The number of benzene rings is 1. The average molecular weight is 452 g/mol. The summed E-state index contributed by atoms with van der Waals surface area (Å²) in [6, 6.07) is 8.33. The number of nitrogens with zero attached hydrogens (tertiary/aromatic N) is 3. The molecule has 0 aliphatic rings. The van der Waals surface area contributed by atoms with Gasteiger partial charge in [-0.05, 0) is 11.6 Å². The van der Waals surface area contributed by atoms with Crippen molar-refractivity contribution >= 4 is 47.8 Å². The highest BCUT2D eigenvalue weighted by atomic mass is 79.9.